The van der Waals surface area contributed by atoms with Gasteiger partial charge in [0.1, 0.15) is 18.1 Å². The van der Waals surface area contributed by atoms with Crippen LogP contribution in [0.2, 0.25) is 0 Å². The number of benzene rings is 1. The Morgan fingerprint density at radius 3 is 2.52 bits per heavy atom. The zero-order valence-corrected chi connectivity index (χ0v) is 11.2. The Morgan fingerprint density at radius 2 is 1.90 bits per heavy atom. The highest BCUT2D eigenvalue weighted by molar-refractivity contribution is 5.48. The summed E-state index contributed by atoms with van der Waals surface area (Å²) < 4.78 is 6.92. The number of hydrogen-bond acceptors (Lipinski definition) is 4. The monoisotopic (exact) mass is 285 g/mol. The smallest absolute Gasteiger partial charge is 0.330 e. The van der Waals surface area contributed by atoms with E-state index in [4.69, 9.17) is 9.52 Å². The second kappa shape index (κ2) is 5.72. The van der Waals surface area contributed by atoms with Crippen LogP contribution in [0, 0.1) is 0 Å². The van der Waals surface area contributed by atoms with Gasteiger partial charge in [0.2, 0.25) is 0 Å². The summed E-state index contributed by atoms with van der Waals surface area (Å²) in [5, 5.41) is 12.1. The van der Waals surface area contributed by atoms with E-state index in [1.807, 2.05) is 30.3 Å². The van der Waals surface area contributed by atoms with E-state index in [-0.39, 0.29) is 12.3 Å². The third kappa shape index (κ3) is 2.90. The second-order valence-electron chi connectivity index (χ2n) is 4.56. The van der Waals surface area contributed by atoms with Crippen molar-refractivity contribution < 1.29 is 9.52 Å². The molecule has 0 fully saturated rings. The van der Waals surface area contributed by atoms with E-state index < -0.39 is 0 Å². The average molecular weight is 285 g/mol. The van der Waals surface area contributed by atoms with Crippen LogP contribution in [0.1, 0.15) is 11.5 Å². The number of anilines is 1. The molecule has 0 bridgehead atoms. The van der Waals surface area contributed by atoms with Gasteiger partial charge in [-0.3, -0.25) is 4.57 Å². The lowest BCUT2D eigenvalue weighted by atomic mass is 10.2. The SMILES string of the molecule is O=c1[nH]ccn1-c1ccc(NCc2ccc(CO)o2)cc1. The number of nitrogens with one attached hydrogen (secondary N) is 2. The number of rotatable bonds is 5. The van der Waals surface area contributed by atoms with E-state index in [9.17, 15) is 4.79 Å². The molecule has 2 heterocycles. The van der Waals surface area contributed by atoms with E-state index in [2.05, 4.69) is 10.3 Å². The number of aromatic amines is 1. The maximum absolute atomic E-state index is 11.5. The number of nitrogens with zero attached hydrogens (tertiary/aromatic N) is 1. The van der Waals surface area contributed by atoms with Crippen molar-refractivity contribution in [2.75, 3.05) is 5.32 Å². The van der Waals surface area contributed by atoms with Gasteiger partial charge < -0.3 is 19.8 Å². The number of H-pyrrole nitrogens is 1. The van der Waals surface area contributed by atoms with E-state index >= 15 is 0 Å². The number of aliphatic hydroxyl groups is 1. The summed E-state index contributed by atoms with van der Waals surface area (Å²) >= 11 is 0. The van der Waals surface area contributed by atoms with Gasteiger partial charge >= 0.3 is 5.69 Å². The van der Waals surface area contributed by atoms with E-state index in [0.29, 0.717) is 12.3 Å². The van der Waals surface area contributed by atoms with Crippen LogP contribution in [0.15, 0.2) is 58.0 Å². The molecule has 0 unspecified atom stereocenters. The molecule has 3 rings (SSSR count). The van der Waals surface area contributed by atoms with Gasteiger partial charge in [0, 0.05) is 18.1 Å². The summed E-state index contributed by atoms with van der Waals surface area (Å²) in [4.78, 5) is 14.1. The third-order valence-electron chi connectivity index (χ3n) is 3.13. The molecule has 0 atom stereocenters. The minimum absolute atomic E-state index is 0.0971. The van der Waals surface area contributed by atoms with Crippen molar-refractivity contribution in [3.05, 3.63) is 70.8 Å². The van der Waals surface area contributed by atoms with Crippen LogP contribution in [0.5, 0.6) is 0 Å². The fraction of sp³-hybridized carbons (Fsp3) is 0.133. The minimum atomic E-state index is -0.164. The number of aromatic nitrogens is 2. The zero-order valence-electron chi connectivity index (χ0n) is 11.2. The quantitative estimate of drug-likeness (QED) is 0.668. The van der Waals surface area contributed by atoms with Crippen molar-refractivity contribution in [2.24, 2.45) is 0 Å². The topological polar surface area (TPSA) is 83.2 Å². The standard InChI is InChI=1S/C15H15N3O3/c19-10-14-6-5-13(21-14)9-17-11-1-3-12(4-2-11)18-8-7-16-15(18)20/h1-8,17,19H,9-10H2,(H,16,20). The fourth-order valence-corrected chi connectivity index (χ4v) is 2.06. The summed E-state index contributed by atoms with van der Waals surface area (Å²) in [6.45, 7) is 0.434. The number of hydrogen-bond donors (Lipinski definition) is 3. The molecule has 6 nitrogen and oxygen atoms in total. The first kappa shape index (κ1) is 13.3. The Morgan fingerprint density at radius 1 is 1.14 bits per heavy atom. The molecular formula is C15H15N3O3. The van der Waals surface area contributed by atoms with Crippen LogP contribution in [-0.2, 0) is 13.2 Å². The van der Waals surface area contributed by atoms with Gasteiger partial charge in [-0.2, -0.15) is 0 Å². The van der Waals surface area contributed by atoms with Gasteiger partial charge in [0.15, 0.2) is 0 Å². The highest BCUT2D eigenvalue weighted by Crippen LogP contribution is 2.14. The fourth-order valence-electron chi connectivity index (χ4n) is 2.06. The van der Waals surface area contributed by atoms with Crippen LogP contribution >= 0.6 is 0 Å². The molecule has 108 valence electrons. The summed E-state index contributed by atoms with van der Waals surface area (Å²) in [5.41, 5.74) is 1.56. The highest BCUT2D eigenvalue weighted by Gasteiger charge is 2.02. The second-order valence-corrected chi connectivity index (χ2v) is 4.56. The van der Waals surface area contributed by atoms with Crippen LogP contribution in [-0.4, -0.2) is 14.7 Å². The maximum atomic E-state index is 11.5. The summed E-state index contributed by atoms with van der Waals surface area (Å²) in [5.74, 6) is 1.30. The Kier molecular flexibility index (Phi) is 3.61. The predicted molar refractivity (Wildman–Crippen MR) is 78.3 cm³/mol. The average Bonchev–Trinajstić information content (AvgIpc) is 3.14. The van der Waals surface area contributed by atoms with Gasteiger partial charge in [0.05, 0.1) is 12.2 Å². The summed E-state index contributed by atoms with van der Waals surface area (Å²) in [6, 6.07) is 11.1. The van der Waals surface area contributed by atoms with Gasteiger partial charge in [-0.05, 0) is 36.4 Å². The van der Waals surface area contributed by atoms with E-state index in [1.165, 1.54) is 4.57 Å². The van der Waals surface area contributed by atoms with Gasteiger partial charge in [-0.25, -0.2) is 4.79 Å². The van der Waals surface area contributed by atoms with Crippen molar-refractivity contribution >= 4 is 5.69 Å². The lowest BCUT2D eigenvalue weighted by molar-refractivity contribution is 0.244. The first-order valence-electron chi connectivity index (χ1n) is 6.55. The Labute approximate surface area is 120 Å². The first-order valence-corrected chi connectivity index (χ1v) is 6.55. The van der Waals surface area contributed by atoms with Crippen LogP contribution in [0.3, 0.4) is 0 Å². The Bertz CT molecular complexity index is 768. The molecule has 0 amide bonds. The molecule has 0 aliphatic heterocycles. The normalized spacial score (nSPS) is 10.7. The molecule has 0 saturated carbocycles. The minimum Gasteiger partial charge on any atom is -0.462 e. The third-order valence-corrected chi connectivity index (χ3v) is 3.13. The van der Waals surface area contributed by atoms with Crippen LogP contribution < -0.4 is 11.0 Å². The lowest BCUT2D eigenvalue weighted by Gasteiger charge is -2.06. The number of imidazole rings is 1. The predicted octanol–water partition coefficient (Wildman–Crippen LogP) is 1.86. The molecule has 3 N–H and O–H groups in total. The van der Waals surface area contributed by atoms with Gasteiger partial charge in [-0.15, -0.1) is 0 Å². The highest BCUT2D eigenvalue weighted by atomic mass is 16.4. The van der Waals surface area contributed by atoms with Crippen molar-refractivity contribution in [1.82, 2.24) is 9.55 Å². The number of aliphatic hydroxyl groups excluding tert-OH is 1. The molecule has 6 heteroatoms. The molecule has 21 heavy (non-hydrogen) atoms. The molecule has 2 aromatic heterocycles. The largest absolute Gasteiger partial charge is 0.462 e. The van der Waals surface area contributed by atoms with Crippen molar-refractivity contribution in [3.8, 4) is 5.69 Å². The maximum Gasteiger partial charge on any atom is 0.330 e. The van der Waals surface area contributed by atoms with Crippen LogP contribution in [0.4, 0.5) is 5.69 Å². The van der Waals surface area contributed by atoms with Crippen molar-refractivity contribution in [2.45, 2.75) is 13.2 Å². The molecule has 3 aromatic rings. The molecule has 0 saturated heterocycles. The van der Waals surface area contributed by atoms with Crippen LogP contribution in [0.25, 0.3) is 5.69 Å². The lowest BCUT2D eigenvalue weighted by Crippen LogP contribution is -2.13. The molecule has 1 aromatic carbocycles. The van der Waals surface area contributed by atoms with Gasteiger partial charge in [0.25, 0.3) is 0 Å². The first-order chi connectivity index (χ1) is 10.3. The molecular weight excluding hydrogens is 270 g/mol. The summed E-state index contributed by atoms with van der Waals surface area (Å²) in [6.07, 6.45) is 3.29. The molecule has 0 spiro atoms. The van der Waals surface area contributed by atoms with Crippen molar-refractivity contribution in [3.63, 3.8) is 0 Å². The molecule has 0 aliphatic rings. The molecule has 0 aliphatic carbocycles. The van der Waals surface area contributed by atoms with E-state index in [1.54, 1.807) is 18.5 Å². The Balaban J connectivity index is 1.67. The number of furan rings is 1. The van der Waals surface area contributed by atoms with Crippen molar-refractivity contribution in [1.29, 1.82) is 0 Å². The zero-order chi connectivity index (χ0) is 14.7. The summed E-state index contributed by atoms with van der Waals surface area (Å²) in [7, 11) is 0. The van der Waals surface area contributed by atoms with Gasteiger partial charge in [-0.1, -0.05) is 0 Å². The Hall–Kier alpha value is -2.73. The van der Waals surface area contributed by atoms with E-state index in [0.717, 1.165) is 17.1 Å². The molecule has 0 radical (unpaired) electrons.